The molecular weight excluding hydrogens is 409 g/mol. The molecule has 5 heteroatoms. The Morgan fingerprint density at radius 3 is 2.83 bits per heavy atom. The van der Waals surface area contributed by atoms with E-state index in [9.17, 15) is 0 Å². The molecule has 96 valence electrons. The van der Waals surface area contributed by atoms with Crippen molar-refractivity contribution >= 4 is 44.2 Å². The molecule has 3 nitrogen and oxygen atoms in total. The summed E-state index contributed by atoms with van der Waals surface area (Å²) < 4.78 is 12.7. The number of halogens is 2. The molecule has 2 aromatic rings. The largest absolute Gasteiger partial charge is 0.454 e. The number of anilines is 1. The highest BCUT2D eigenvalue weighted by molar-refractivity contribution is 14.1. The maximum Gasteiger partial charge on any atom is 0.164 e. The summed E-state index contributed by atoms with van der Waals surface area (Å²) in [6, 6.07) is 9.97. The molecule has 1 aromatic carbocycles. The predicted octanol–water partition coefficient (Wildman–Crippen LogP) is 4.41. The summed E-state index contributed by atoms with van der Waals surface area (Å²) >= 11 is 5.69. The van der Waals surface area contributed by atoms with Crippen LogP contribution in [0.3, 0.4) is 0 Å². The van der Waals surface area contributed by atoms with Crippen molar-refractivity contribution in [1.29, 1.82) is 0 Å². The fourth-order valence-electron chi connectivity index (χ4n) is 1.64. The molecule has 0 saturated heterocycles. The molecule has 0 fully saturated rings. The second kappa shape index (κ2) is 6.58. The Balaban J connectivity index is 2.11. The zero-order valence-electron chi connectivity index (χ0n) is 9.87. The van der Waals surface area contributed by atoms with Crippen LogP contribution >= 0.6 is 38.5 Å². The smallest absolute Gasteiger partial charge is 0.164 e. The van der Waals surface area contributed by atoms with Crippen molar-refractivity contribution in [2.24, 2.45) is 0 Å². The predicted molar refractivity (Wildman–Crippen MR) is 83.6 cm³/mol. The first-order chi connectivity index (χ1) is 8.70. The molecule has 1 aromatic heterocycles. The van der Waals surface area contributed by atoms with Crippen LogP contribution in [0.2, 0.25) is 0 Å². The standard InChI is InChI=1S/C13H13BrINO2/c1-17-8-10-11(14)3-2-4-12(10)16-7-9-5-6-13(15)18-9/h2-6,16H,7-8H2,1H3. The molecule has 1 heterocycles. The number of ether oxygens (including phenoxy) is 1. The maximum absolute atomic E-state index is 5.52. The van der Waals surface area contributed by atoms with E-state index in [0.717, 1.165) is 25.3 Å². The molecule has 1 N–H and O–H groups in total. The van der Waals surface area contributed by atoms with Gasteiger partial charge in [-0.2, -0.15) is 0 Å². The Labute approximate surface area is 128 Å². The monoisotopic (exact) mass is 421 g/mol. The van der Waals surface area contributed by atoms with E-state index >= 15 is 0 Å². The van der Waals surface area contributed by atoms with Gasteiger partial charge in [-0.25, -0.2) is 0 Å². The van der Waals surface area contributed by atoms with Crippen LogP contribution in [0.25, 0.3) is 0 Å². The van der Waals surface area contributed by atoms with Gasteiger partial charge in [0.05, 0.1) is 13.2 Å². The Kier molecular flexibility index (Phi) is 5.08. The summed E-state index contributed by atoms with van der Waals surface area (Å²) in [5.74, 6) is 0.919. The first kappa shape index (κ1) is 13.9. The van der Waals surface area contributed by atoms with Crippen LogP contribution in [0, 0.1) is 3.77 Å². The molecule has 0 aliphatic heterocycles. The zero-order valence-corrected chi connectivity index (χ0v) is 13.6. The lowest BCUT2D eigenvalue weighted by atomic mass is 10.2. The number of rotatable bonds is 5. The maximum atomic E-state index is 5.52. The van der Waals surface area contributed by atoms with Crippen LogP contribution in [-0.4, -0.2) is 7.11 Å². The average Bonchev–Trinajstić information content (AvgIpc) is 2.76. The highest BCUT2D eigenvalue weighted by atomic mass is 127. The van der Waals surface area contributed by atoms with Gasteiger partial charge >= 0.3 is 0 Å². The molecule has 0 atom stereocenters. The van der Waals surface area contributed by atoms with E-state index in [1.807, 2.05) is 30.3 Å². The van der Waals surface area contributed by atoms with Crippen molar-refractivity contribution < 1.29 is 9.15 Å². The van der Waals surface area contributed by atoms with Crippen LogP contribution in [0.15, 0.2) is 39.2 Å². The molecule has 0 saturated carbocycles. The third kappa shape index (κ3) is 3.49. The van der Waals surface area contributed by atoms with E-state index in [2.05, 4.69) is 43.8 Å². The van der Waals surface area contributed by atoms with Crippen molar-refractivity contribution in [3.8, 4) is 0 Å². The van der Waals surface area contributed by atoms with E-state index < -0.39 is 0 Å². The molecule has 0 bridgehead atoms. The first-order valence-corrected chi connectivity index (χ1v) is 7.32. The number of hydrogen-bond donors (Lipinski definition) is 1. The van der Waals surface area contributed by atoms with E-state index in [4.69, 9.17) is 9.15 Å². The number of hydrogen-bond acceptors (Lipinski definition) is 3. The van der Waals surface area contributed by atoms with E-state index in [0.29, 0.717) is 13.2 Å². The third-order valence-electron chi connectivity index (χ3n) is 2.49. The van der Waals surface area contributed by atoms with Crippen LogP contribution < -0.4 is 5.32 Å². The van der Waals surface area contributed by atoms with Crippen molar-refractivity contribution in [2.75, 3.05) is 12.4 Å². The number of methoxy groups -OCH3 is 1. The fourth-order valence-corrected chi connectivity index (χ4v) is 2.59. The summed E-state index contributed by atoms with van der Waals surface area (Å²) in [4.78, 5) is 0. The molecule has 2 rings (SSSR count). The molecule has 0 spiro atoms. The van der Waals surface area contributed by atoms with E-state index in [1.54, 1.807) is 7.11 Å². The van der Waals surface area contributed by atoms with Gasteiger partial charge in [-0.05, 0) is 46.9 Å². The second-order valence-electron chi connectivity index (χ2n) is 3.76. The van der Waals surface area contributed by atoms with Gasteiger partial charge in [-0.1, -0.05) is 22.0 Å². The summed E-state index contributed by atoms with van der Waals surface area (Å²) in [5, 5.41) is 3.36. The normalized spacial score (nSPS) is 10.6. The minimum atomic E-state index is 0.569. The quantitative estimate of drug-likeness (QED) is 0.726. The number of nitrogens with one attached hydrogen (secondary N) is 1. The molecule has 0 amide bonds. The lowest BCUT2D eigenvalue weighted by Gasteiger charge is -2.12. The highest BCUT2D eigenvalue weighted by Crippen LogP contribution is 2.26. The van der Waals surface area contributed by atoms with Gasteiger partial charge in [-0.15, -0.1) is 0 Å². The summed E-state index contributed by atoms with van der Waals surface area (Å²) in [5.41, 5.74) is 2.17. The SMILES string of the molecule is COCc1c(Br)cccc1NCc1ccc(I)o1. The van der Waals surface area contributed by atoms with Crippen LogP contribution in [-0.2, 0) is 17.9 Å². The van der Waals surface area contributed by atoms with Gasteiger partial charge in [0.2, 0.25) is 0 Å². The van der Waals surface area contributed by atoms with Crippen molar-refractivity contribution in [2.45, 2.75) is 13.2 Å². The summed E-state index contributed by atoms with van der Waals surface area (Å²) in [6.07, 6.45) is 0. The molecule has 0 radical (unpaired) electrons. The Hall–Kier alpha value is -0.530. The number of benzene rings is 1. The van der Waals surface area contributed by atoms with Crippen molar-refractivity contribution in [3.63, 3.8) is 0 Å². The van der Waals surface area contributed by atoms with Gasteiger partial charge in [0.15, 0.2) is 3.77 Å². The minimum absolute atomic E-state index is 0.569. The second-order valence-corrected chi connectivity index (χ2v) is 5.68. The molecule has 0 aliphatic carbocycles. The zero-order chi connectivity index (χ0) is 13.0. The summed E-state index contributed by atoms with van der Waals surface area (Å²) in [6.45, 7) is 1.23. The van der Waals surface area contributed by atoms with E-state index in [-0.39, 0.29) is 0 Å². The Bertz CT molecular complexity index is 527. The van der Waals surface area contributed by atoms with Crippen LogP contribution in [0.5, 0.6) is 0 Å². The highest BCUT2D eigenvalue weighted by Gasteiger charge is 2.07. The summed E-state index contributed by atoms with van der Waals surface area (Å²) in [7, 11) is 1.69. The van der Waals surface area contributed by atoms with Crippen LogP contribution in [0.1, 0.15) is 11.3 Å². The molecule has 18 heavy (non-hydrogen) atoms. The van der Waals surface area contributed by atoms with Crippen molar-refractivity contribution in [1.82, 2.24) is 0 Å². The Morgan fingerprint density at radius 1 is 1.33 bits per heavy atom. The van der Waals surface area contributed by atoms with Gasteiger partial charge in [0, 0.05) is 22.8 Å². The lowest BCUT2D eigenvalue weighted by molar-refractivity contribution is 0.185. The molecule has 0 unspecified atom stereocenters. The molecular formula is C13H13BrINO2. The van der Waals surface area contributed by atoms with Gasteiger partial charge in [0.25, 0.3) is 0 Å². The fraction of sp³-hybridized carbons (Fsp3) is 0.231. The van der Waals surface area contributed by atoms with Gasteiger partial charge < -0.3 is 14.5 Å². The Morgan fingerprint density at radius 2 is 2.17 bits per heavy atom. The van der Waals surface area contributed by atoms with E-state index in [1.165, 1.54) is 0 Å². The van der Waals surface area contributed by atoms with Gasteiger partial charge in [0.1, 0.15) is 5.76 Å². The third-order valence-corrected chi connectivity index (χ3v) is 3.81. The number of furan rings is 1. The van der Waals surface area contributed by atoms with Crippen LogP contribution in [0.4, 0.5) is 5.69 Å². The van der Waals surface area contributed by atoms with Crippen molar-refractivity contribution in [3.05, 3.63) is 49.9 Å². The van der Waals surface area contributed by atoms with Gasteiger partial charge in [-0.3, -0.25) is 0 Å². The average molecular weight is 422 g/mol. The first-order valence-electron chi connectivity index (χ1n) is 5.45. The topological polar surface area (TPSA) is 34.4 Å². The minimum Gasteiger partial charge on any atom is -0.454 e. The lowest BCUT2D eigenvalue weighted by Crippen LogP contribution is -2.03. The molecule has 0 aliphatic rings.